The van der Waals surface area contributed by atoms with Crippen molar-refractivity contribution in [3.8, 4) is 22.8 Å². The van der Waals surface area contributed by atoms with Crippen LogP contribution in [0.3, 0.4) is 0 Å². The van der Waals surface area contributed by atoms with Gasteiger partial charge in [0.15, 0.2) is 11.5 Å². The van der Waals surface area contributed by atoms with E-state index in [4.69, 9.17) is 9.47 Å². The minimum Gasteiger partial charge on any atom is -0.493 e. The van der Waals surface area contributed by atoms with Gasteiger partial charge in [0.2, 0.25) is 0 Å². The summed E-state index contributed by atoms with van der Waals surface area (Å²) in [5, 5.41) is 7.01. The molecular formula is C19H20N4O3. The predicted molar refractivity (Wildman–Crippen MR) is 97.2 cm³/mol. The maximum Gasteiger partial charge on any atom is 0.251 e. The molecule has 1 aromatic carbocycles. The standard InChI is InChI=1S/C19H20N4O3/c1-23-12-15(11-22-23)16-6-4-13(9-20-16)10-21-19(24)14-5-7-17(25-2)18(8-14)26-3/h4-9,11-12H,10H2,1-3H3,(H,21,24). The number of carbonyl (C=O) groups excluding carboxylic acids is 1. The van der Waals surface area contributed by atoms with Crippen molar-refractivity contribution in [3.63, 3.8) is 0 Å². The number of rotatable bonds is 6. The molecule has 1 N–H and O–H groups in total. The first-order valence-electron chi connectivity index (χ1n) is 8.05. The number of aromatic nitrogens is 3. The molecule has 0 aliphatic rings. The molecule has 0 saturated heterocycles. The minimum atomic E-state index is -0.192. The van der Waals surface area contributed by atoms with Crippen molar-refractivity contribution < 1.29 is 14.3 Å². The minimum absolute atomic E-state index is 0.192. The van der Waals surface area contributed by atoms with Gasteiger partial charge in [-0.1, -0.05) is 6.07 Å². The second-order valence-corrected chi connectivity index (χ2v) is 5.71. The highest BCUT2D eigenvalue weighted by Gasteiger charge is 2.11. The van der Waals surface area contributed by atoms with Crippen molar-refractivity contribution in [2.45, 2.75) is 6.54 Å². The highest BCUT2D eigenvalue weighted by molar-refractivity contribution is 5.94. The molecule has 7 heteroatoms. The summed E-state index contributed by atoms with van der Waals surface area (Å²) in [6, 6.07) is 8.90. The number of carbonyl (C=O) groups is 1. The fraction of sp³-hybridized carbons (Fsp3) is 0.211. The zero-order chi connectivity index (χ0) is 18.5. The Kier molecular flexibility index (Phi) is 5.17. The first-order valence-corrected chi connectivity index (χ1v) is 8.05. The monoisotopic (exact) mass is 352 g/mol. The molecule has 0 fully saturated rings. The molecule has 0 radical (unpaired) electrons. The third-order valence-corrected chi connectivity index (χ3v) is 3.92. The summed E-state index contributed by atoms with van der Waals surface area (Å²) in [7, 11) is 4.95. The van der Waals surface area contributed by atoms with E-state index in [-0.39, 0.29) is 5.91 Å². The van der Waals surface area contributed by atoms with Gasteiger partial charge >= 0.3 is 0 Å². The van der Waals surface area contributed by atoms with Gasteiger partial charge in [0.1, 0.15) is 0 Å². The van der Waals surface area contributed by atoms with Gasteiger partial charge in [-0.15, -0.1) is 0 Å². The largest absolute Gasteiger partial charge is 0.493 e. The maximum absolute atomic E-state index is 12.3. The molecule has 26 heavy (non-hydrogen) atoms. The molecule has 0 spiro atoms. The third-order valence-electron chi connectivity index (χ3n) is 3.92. The molecule has 134 valence electrons. The number of methoxy groups -OCH3 is 2. The summed E-state index contributed by atoms with van der Waals surface area (Å²) >= 11 is 0. The summed E-state index contributed by atoms with van der Waals surface area (Å²) in [4.78, 5) is 16.8. The smallest absolute Gasteiger partial charge is 0.251 e. The van der Waals surface area contributed by atoms with Gasteiger partial charge in [0.05, 0.1) is 26.1 Å². The second-order valence-electron chi connectivity index (χ2n) is 5.71. The quantitative estimate of drug-likeness (QED) is 0.737. The van der Waals surface area contributed by atoms with Crippen LogP contribution in [0.15, 0.2) is 48.9 Å². The average molecular weight is 352 g/mol. The number of nitrogens with zero attached hydrogens (tertiary/aromatic N) is 3. The number of hydrogen-bond donors (Lipinski definition) is 1. The Hall–Kier alpha value is -3.35. The van der Waals surface area contributed by atoms with Crippen molar-refractivity contribution in [2.75, 3.05) is 14.2 Å². The molecule has 0 aliphatic heterocycles. The molecule has 0 bridgehead atoms. The number of pyridine rings is 1. The lowest BCUT2D eigenvalue weighted by atomic mass is 10.1. The van der Waals surface area contributed by atoms with Crippen LogP contribution in [0.2, 0.25) is 0 Å². The SMILES string of the molecule is COc1ccc(C(=O)NCc2ccc(-c3cnn(C)c3)nc2)cc1OC. The fourth-order valence-electron chi connectivity index (χ4n) is 2.52. The molecule has 2 heterocycles. The van der Waals surface area contributed by atoms with Gasteiger partial charge in [0.25, 0.3) is 5.91 Å². The van der Waals surface area contributed by atoms with Crippen molar-refractivity contribution in [1.29, 1.82) is 0 Å². The van der Waals surface area contributed by atoms with E-state index in [1.165, 1.54) is 7.11 Å². The van der Waals surface area contributed by atoms with E-state index in [9.17, 15) is 4.79 Å². The van der Waals surface area contributed by atoms with Gasteiger partial charge in [-0.3, -0.25) is 14.5 Å². The second kappa shape index (κ2) is 7.69. The molecule has 2 aromatic heterocycles. The molecule has 1 amide bonds. The van der Waals surface area contributed by atoms with E-state index in [1.54, 1.807) is 42.4 Å². The normalized spacial score (nSPS) is 10.4. The van der Waals surface area contributed by atoms with E-state index in [0.29, 0.717) is 23.6 Å². The molecule has 0 unspecified atom stereocenters. The van der Waals surface area contributed by atoms with E-state index in [0.717, 1.165) is 16.8 Å². The zero-order valence-electron chi connectivity index (χ0n) is 14.9. The van der Waals surface area contributed by atoms with Crippen LogP contribution >= 0.6 is 0 Å². The van der Waals surface area contributed by atoms with Crippen LogP contribution in [0.1, 0.15) is 15.9 Å². The predicted octanol–water partition coefficient (Wildman–Crippen LogP) is 2.43. The zero-order valence-corrected chi connectivity index (χ0v) is 14.9. The summed E-state index contributed by atoms with van der Waals surface area (Å²) in [6.07, 6.45) is 5.42. The van der Waals surface area contributed by atoms with Gasteiger partial charge in [0, 0.05) is 37.1 Å². The van der Waals surface area contributed by atoms with Gasteiger partial charge in [-0.2, -0.15) is 5.10 Å². The Morgan fingerprint density at radius 3 is 2.54 bits per heavy atom. The molecule has 3 rings (SSSR count). The fourth-order valence-corrected chi connectivity index (χ4v) is 2.52. The molecule has 7 nitrogen and oxygen atoms in total. The molecule has 0 saturated carbocycles. The lowest BCUT2D eigenvalue weighted by Crippen LogP contribution is -2.22. The van der Waals surface area contributed by atoms with Gasteiger partial charge < -0.3 is 14.8 Å². The van der Waals surface area contributed by atoms with Crippen molar-refractivity contribution in [3.05, 3.63) is 60.0 Å². The number of ether oxygens (including phenoxy) is 2. The highest BCUT2D eigenvalue weighted by Crippen LogP contribution is 2.27. The van der Waals surface area contributed by atoms with Gasteiger partial charge in [-0.05, 0) is 29.8 Å². The number of aryl methyl sites for hydroxylation is 1. The molecule has 0 aliphatic carbocycles. The average Bonchev–Trinajstić information content (AvgIpc) is 3.12. The number of nitrogens with one attached hydrogen (secondary N) is 1. The lowest BCUT2D eigenvalue weighted by Gasteiger charge is -2.10. The topological polar surface area (TPSA) is 78.3 Å². The first-order chi connectivity index (χ1) is 12.6. The van der Waals surface area contributed by atoms with Crippen LogP contribution in [-0.2, 0) is 13.6 Å². The first kappa shape index (κ1) is 17.5. The van der Waals surface area contributed by atoms with Crippen LogP contribution in [0.5, 0.6) is 11.5 Å². The van der Waals surface area contributed by atoms with E-state index in [1.807, 2.05) is 25.4 Å². The van der Waals surface area contributed by atoms with Crippen LogP contribution in [-0.4, -0.2) is 34.9 Å². The third kappa shape index (κ3) is 3.83. The van der Waals surface area contributed by atoms with E-state index >= 15 is 0 Å². The van der Waals surface area contributed by atoms with E-state index in [2.05, 4.69) is 15.4 Å². The number of amides is 1. The van der Waals surface area contributed by atoms with E-state index < -0.39 is 0 Å². The summed E-state index contributed by atoms with van der Waals surface area (Å²) < 4.78 is 12.1. The Morgan fingerprint density at radius 2 is 1.92 bits per heavy atom. The summed E-state index contributed by atoms with van der Waals surface area (Å²) in [6.45, 7) is 0.382. The van der Waals surface area contributed by atoms with Crippen LogP contribution in [0, 0.1) is 0 Å². The Morgan fingerprint density at radius 1 is 1.12 bits per heavy atom. The van der Waals surface area contributed by atoms with Crippen molar-refractivity contribution in [2.24, 2.45) is 7.05 Å². The lowest BCUT2D eigenvalue weighted by molar-refractivity contribution is 0.0950. The Balaban J connectivity index is 1.64. The molecule has 0 atom stereocenters. The Labute approximate surface area is 151 Å². The maximum atomic E-state index is 12.3. The summed E-state index contributed by atoms with van der Waals surface area (Å²) in [5.74, 6) is 0.907. The van der Waals surface area contributed by atoms with Crippen LogP contribution in [0.25, 0.3) is 11.3 Å². The highest BCUT2D eigenvalue weighted by atomic mass is 16.5. The van der Waals surface area contributed by atoms with Gasteiger partial charge in [-0.25, -0.2) is 0 Å². The number of hydrogen-bond acceptors (Lipinski definition) is 5. The summed E-state index contributed by atoms with van der Waals surface area (Å²) in [5.41, 5.74) is 3.20. The van der Waals surface area contributed by atoms with Crippen LogP contribution in [0.4, 0.5) is 0 Å². The molecule has 3 aromatic rings. The Bertz CT molecular complexity index is 903. The molecular weight excluding hydrogens is 332 g/mol. The number of benzene rings is 1. The van der Waals surface area contributed by atoms with Crippen molar-refractivity contribution >= 4 is 5.91 Å². The van der Waals surface area contributed by atoms with Crippen LogP contribution < -0.4 is 14.8 Å². The van der Waals surface area contributed by atoms with Crippen molar-refractivity contribution in [1.82, 2.24) is 20.1 Å².